The molecule has 134 valence electrons. The number of amides is 1. The smallest absolute Gasteiger partial charge is 0.273 e. The van der Waals surface area contributed by atoms with E-state index < -0.39 is 0 Å². The number of nitrogens with zero attached hydrogens (tertiary/aromatic N) is 2. The molecule has 1 aliphatic rings. The molecule has 4 rings (SSSR count). The zero-order valence-electron chi connectivity index (χ0n) is 14.3. The molecule has 1 saturated heterocycles. The van der Waals surface area contributed by atoms with Crippen LogP contribution in [-0.2, 0) is 11.2 Å². The molecule has 26 heavy (non-hydrogen) atoms. The van der Waals surface area contributed by atoms with E-state index in [0.717, 1.165) is 17.0 Å². The molecule has 2 atom stereocenters. The summed E-state index contributed by atoms with van der Waals surface area (Å²) in [5, 5.41) is 10.8. The molecule has 3 heterocycles. The van der Waals surface area contributed by atoms with Gasteiger partial charge in [-0.25, -0.2) is 0 Å². The number of benzene rings is 1. The average molecular weight is 353 g/mol. The van der Waals surface area contributed by atoms with E-state index >= 15 is 0 Å². The molecule has 0 radical (unpaired) electrons. The fraction of sp³-hybridized carbons (Fsp3) is 0.316. The van der Waals surface area contributed by atoms with Gasteiger partial charge in [0.2, 0.25) is 0 Å². The van der Waals surface area contributed by atoms with Crippen molar-refractivity contribution in [3.63, 3.8) is 0 Å². The highest BCUT2D eigenvalue weighted by Gasteiger charge is 2.31. The number of hydrogen-bond acceptors (Lipinski definition) is 6. The second kappa shape index (κ2) is 7.13. The summed E-state index contributed by atoms with van der Waals surface area (Å²) in [5.74, 6) is 1.22. The van der Waals surface area contributed by atoms with E-state index in [1.807, 2.05) is 43.3 Å². The van der Waals surface area contributed by atoms with Gasteiger partial charge in [-0.1, -0.05) is 40.6 Å². The summed E-state index contributed by atoms with van der Waals surface area (Å²) < 4.78 is 16.1. The Labute approximate surface area is 150 Å². The third kappa shape index (κ3) is 3.52. The minimum Gasteiger partial charge on any atom is -0.379 e. The Bertz CT molecular complexity index is 887. The number of aromatic nitrogens is 2. The Morgan fingerprint density at radius 1 is 1.15 bits per heavy atom. The van der Waals surface area contributed by atoms with Crippen molar-refractivity contribution >= 4 is 5.91 Å². The maximum Gasteiger partial charge on any atom is 0.273 e. The van der Waals surface area contributed by atoms with Gasteiger partial charge in [-0.3, -0.25) is 4.79 Å². The zero-order chi connectivity index (χ0) is 17.9. The molecule has 2 aromatic heterocycles. The monoisotopic (exact) mass is 353 g/mol. The Morgan fingerprint density at radius 3 is 2.77 bits per heavy atom. The first-order valence-corrected chi connectivity index (χ1v) is 8.52. The lowest BCUT2D eigenvalue weighted by Crippen LogP contribution is -2.40. The predicted molar refractivity (Wildman–Crippen MR) is 92.4 cm³/mol. The highest BCUT2D eigenvalue weighted by atomic mass is 16.5. The van der Waals surface area contributed by atoms with E-state index in [4.69, 9.17) is 13.8 Å². The molecule has 0 spiro atoms. The minimum absolute atomic E-state index is 0.107. The predicted octanol–water partition coefficient (Wildman–Crippen LogP) is 2.63. The molecule has 0 saturated carbocycles. The highest BCUT2D eigenvalue weighted by Crippen LogP contribution is 2.22. The van der Waals surface area contributed by atoms with Gasteiger partial charge in [-0.05, 0) is 6.92 Å². The van der Waals surface area contributed by atoms with Crippen LogP contribution in [0.4, 0.5) is 0 Å². The van der Waals surface area contributed by atoms with E-state index in [1.54, 1.807) is 6.07 Å². The number of rotatable bonds is 5. The van der Waals surface area contributed by atoms with Crippen molar-refractivity contribution in [1.29, 1.82) is 0 Å². The van der Waals surface area contributed by atoms with Gasteiger partial charge in [-0.15, -0.1) is 0 Å². The zero-order valence-corrected chi connectivity index (χ0v) is 14.3. The van der Waals surface area contributed by atoms with Crippen LogP contribution >= 0.6 is 0 Å². The first-order chi connectivity index (χ1) is 12.7. The lowest BCUT2D eigenvalue weighted by molar-refractivity contribution is 0.0915. The summed E-state index contributed by atoms with van der Waals surface area (Å²) in [4.78, 5) is 12.5. The Morgan fingerprint density at radius 2 is 2.00 bits per heavy atom. The van der Waals surface area contributed by atoms with Crippen LogP contribution in [0.15, 0.2) is 51.5 Å². The van der Waals surface area contributed by atoms with Gasteiger partial charge < -0.3 is 19.1 Å². The van der Waals surface area contributed by atoms with Crippen LogP contribution in [0.25, 0.3) is 11.3 Å². The molecule has 1 aromatic carbocycles. The van der Waals surface area contributed by atoms with Crippen LogP contribution in [0.1, 0.15) is 21.9 Å². The summed E-state index contributed by atoms with van der Waals surface area (Å²) in [6.45, 7) is 2.91. The summed E-state index contributed by atoms with van der Waals surface area (Å²) in [6, 6.07) is 13.0. The van der Waals surface area contributed by atoms with Gasteiger partial charge >= 0.3 is 0 Å². The van der Waals surface area contributed by atoms with E-state index in [1.165, 1.54) is 0 Å². The molecule has 1 N–H and O–H groups in total. The van der Waals surface area contributed by atoms with Crippen molar-refractivity contribution in [2.24, 2.45) is 5.92 Å². The number of ether oxygens (including phenoxy) is 1. The molecule has 0 aliphatic carbocycles. The largest absolute Gasteiger partial charge is 0.379 e. The third-order valence-electron chi connectivity index (χ3n) is 4.46. The van der Waals surface area contributed by atoms with Gasteiger partial charge in [-0.2, -0.15) is 0 Å². The number of carbonyl (C=O) groups is 1. The average Bonchev–Trinajstić information content (AvgIpc) is 3.38. The topological polar surface area (TPSA) is 90.4 Å². The van der Waals surface area contributed by atoms with Gasteiger partial charge in [0.1, 0.15) is 5.76 Å². The molecule has 0 unspecified atom stereocenters. The molecule has 7 heteroatoms. The first-order valence-electron chi connectivity index (χ1n) is 8.52. The van der Waals surface area contributed by atoms with Crippen LogP contribution < -0.4 is 5.32 Å². The van der Waals surface area contributed by atoms with Crippen LogP contribution in [0.3, 0.4) is 0 Å². The second-order valence-electron chi connectivity index (χ2n) is 6.46. The Kier molecular flexibility index (Phi) is 4.53. The quantitative estimate of drug-likeness (QED) is 0.758. The van der Waals surface area contributed by atoms with Gasteiger partial charge in [0.05, 0.1) is 24.9 Å². The second-order valence-corrected chi connectivity index (χ2v) is 6.46. The van der Waals surface area contributed by atoms with Crippen molar-refractivity contribution in [2.75, 3.05) is 13.2 Å². The maximum atomic E-state index is 12.5. The van der Waals surface area contributed by atoms with E-state index in [-0.39, 0.29) is 23.6 Å². The van der Waals surface area contributed by atoms with Crippen molar-refractivity contribution in [1.82, 2.24) is 15.6 Å². The van der Waals surface area contributed by atoms with Crippen molar-refractivity contribution in [3.05, 3.63) is 59.6 Å². The van der Waals surface area contributed by atoms with Gasteiger partial charge in [0, 0.05) is 30.0 Å². The fourth-order valence-corrected chi connectivity index (χ4v) is 3.09. The molecule has 3 aromatic rings. The summed E-state index contributed by atoms with van der Waals surface area (Å²) in [6.07, 6.45) is 0.667. The number of nitrogens with one attached hydrogen (secondary N) is 1. The highest BCUT2D eigenvalue weighted by molar-refractivity contribution is 5.93. The number of carbonyl (C=O) groups excluding carboxylic acids is 1. The summed E-state index contributed by atoms with van der Waals surface area (Å²) in [5.41, 5.74) is 1.97. The first kappa shape index (κ1) is 16.5. The van der Waals surface area contributed by atoms with Gasteiger partial charge in [0.15, 0.2) is 11.5 Å². The maximum absolute atomic E-state index is 12.5. The summed E-state index contributed by atoms with van der Waals surface area (Å²) in [7, 11) is 0. The van der Waals surface area contributed by atoms with Crippen molar-refractivity contribution < 1.29 is 18.6 Å². The fourth-order valence-electron chi connectivity index (χ4n) is 3.09. The normalized spacial score (nSPS) is 19.6. The van der Waals surface area contributed by atoms with E-state index in [9.17, 15) is 4.79 Å². The van der Waals surface area contributed by atoms with Crippen LogP contribution in [-0.4, -0.2) is 35.5 Å². The standard InChI is InChI=1S/C19H19N3O4/c1-12-7-15(25-21-12)8-14-10-24-11-17(14)20-19(23)16-9-18(26-22-16)13-5-3-2-4-6-13/h2-7,9,14,17H,8,10-11H2,1H3,(H,20,23)/t14-,17+/m1/s1. The summed E-state index contributed by atoms with van der Waals surface area (Å²) >= 11 is 0. The lowest BCUT2D eigenvalue weighted by Gasteiger charge is -2.17. The molecule has 1 aliphatic heterocycles. The lowest BCUT2D eigenvalue weighted by atomic mass is 9.98. The number of aryl methyl sites for hydroxylation is 1. The molecule has 1 fully saturated rings. The molecular weight excluding hydrogens is 334 g/mol. The van der Waals surface area contributed by atoms with Crippen molar-refractivity contribution in [3.8, 4) is 11.3 Å². The SMILES string of the molecule is Cc1cc(C[C@@H]2COC[C@@H]2NC(=O)c2cc(-c3ccccc3)on2)on1. The molecular formula is C19H19N3O4. The van der Waals surface area contributed by atoms with Gasteiger partial charge in [0.25, 0.3) is 5.91 Å². The third-order valence-corrected chi connectivity index (χ3v) is 4.46. The molecule has 1 amide bonds. The minimum atomic E-state index is -0.273. The van der Waals surface area contributed by atoms with Crippen LogP contribution in [0.2, 0.25) is 0 Å². The van der Waals surface area contributed by atoms with E-state index in [2.05, 4.69) is 15.6 Å². The molecule has 0 bridgehead atoms. The van der Waals surface area contributed by atoms with Crippen molar-refractivity contribution in [2.45, 2.75) is 19.4 Å². The number of hydrogen-bond donors (Lipinski definition) is 1. The Hall–Kier alpha value is -2.93. The Balaban J connectivity index is 1.41. The van der Waals surface area contributed by atoms with E-state index in [0.29, 0.717) is 25.4 Å². The van der Waals surface area contributed by atoms with Crippen LogP contribution in [0.5, 0.6) is 0 Å². The molecule has 7 nitrogen and oxygen atoms in total. The van der Waals surface area contributed by atoms with Crippen LogP contribution in [0, 0.1) is 12.8 Å².